The Morgan fingerprint density at radius 3 is 2.67 bits per heavy atom. The highest BCUT2D eigenvalue weighted by Crippen LogP contribution is 2.23. The van der Waals surface area contributed by atoms with Gasteiger partial charge in [-0.25, -0.2) is 0 Å². The predicted octanol–water partition coefficient (Wildman–Crippen LogP) is 2.77. The van der Waals surface area contributed by atoms with E-state index in [9.17, 15) is 0 Å². The van der Waals surface area contributed by atoms with Gasteiger partial charge in [-0.05, 0) is 18.1 Å². The molecule has 0 bridgehead atoms. The zero-order chi connectivity index (χ0) is 8.97. The molecule has 0 spiro atoms. The van der Waals surface area contributed by atoms with Gasteiger partial charge in [0.25, 0.3) is 0 Å². The molecule has 1 atom stereocenters. The van der Waals surface area contributed by atoms with E-state index in [1.807, 2.05) is 31.2 Å². The highest BCUT2D eigenvalue weighted by Gasteiger charge is 2.09. The normalized spacial score (nSPS) is 12.9. The fourth-order valence-electron chi connectivity index (χ4n) is 1.14. The summed E-state index contributed by atoms with van der Waals surface area (Å²) in [7, 11) is 0. The van der Waals surface area contributed by atoms with Crippen molar-refractivity contribution >= 4 is 11.6 Å². The van der Waals surface area contributed by atoms with Gasteiger partial charge in [-0.2, -0.15) is 5.48 Å². The topological polar surface area (TPSA) is 32.3 Å². The summed E-state index contributed by atoms with van der Waals surface area (Å²) < 4.78 is 0. The monoisotopic (exact) mass is 185 g/mol. The molecule has 0 heterocycles. The summed E-state index contributed by atoms with van der Waals surface area (Å²) >= 11 is 5.93. The molecule has 0 aromatic heterocycles. The van der Waals surface area contributed by atoms with Crippen molar-refractivity contribution in [3.63, 3.8) is 0 Å². The largest absolute Gasteiger partial charge is 0.316 e. The van der Waals surface area contributed by atoms with Gasteiger partial charge < -0.3 is 5.21 Å². The van der Waals surface area contributed by atoms with Gasteiger partial charge in [0.05, 0.1) is 6.04 Å². The van der Waals surface area contributed by atoms with Crippen molar-refractivity contribution in [1.29, 1.82) is 0 Å². The van der Waals surface area contributed by atoms with Crippen LogP contribution in [0.25, 0.3) is 0 Å². The molecule has 66 valence electrons. The summed E-state index contributed by atoms with van der Waals surface area (Å²) in [6.45, 7) is 1.98. The van der Waals surface area contributed by atoms with Crippen LogP contribution in [0, 0.1) is 0 Å². The number of benzene rings is 1. The van der Waals surface area contributed by atoms with Crippen molar-refractivity contribution < 1.29 is 5.21 Å². The third-order valence-corrected chi connectivity index (χ3v) is 2.19. The van der Waals surface area contributed by atoms with Gasteiger partial charge in [-0.3, -0.25) is 0 Å². The zero-order valence-electron chi connectivity index (χ0n) is 6.92. The summed E-state index contributed by atoms with van der Waals surface area (Å²) in [4.78, 5) is 0. The van der Waals surface area contributed by atoms with E-state index in [-0.39, 0.29) is 6.04 Å². The fourth-order valence-corrected chi connectivity index (χ4v) is 1.41. The van der Waals surface area contributed by atoms with Crippen LogP contribution in [0.15, 0.2) is 24.3 Å². The molecular formula is C9H12ClNO. The van der Waals surface area contributed by atoms with E-state index in [4.69, 9.17) is 16.8 Å². The Hall–Kier alpha value is -0.570. The molecule has 0 aliphatic heterocycles. The molecule has 0 unspecified atom stereocenters. The lowest BCUT2D eigenvalue weighted by Gasteiger charge is -2.13. The summed E-state index contributed by atoms with van der Waals surface area (Å²) in [5, 5.41) is 9.48. The number of hydrogen-bond acceptors (Lipinski definition) is 2. The molecule has 0 saturated carbocycles. The molecule has 2 nitrogen and oxygen atoms in total. The number of rotatable bonds is 3. The Labute approximate surface area is 77.1 Å². The van der Waals surface area contributed by atoms with Crippen molar-refractivity contribution in [2.45, 2.75) is 19.4 Å². The summed E-state index contributed by atoms with van der Waals surface area (Å²) in [5.41, 5.74) is 3.16. The van der Waals surface area contributed by atoms with Crippen LogP contribution in [0.5, 0.6) is 0 Å². The Balaban J connectivity index is 2.92. The second kappa shape index (κ2) is 4.45. The van der Waals surface area contributed by atoms with Crippen LogP contribution in [0.3, 0.4) is 0 Å². The van der Waals surface area contributed by atoms with Gasteiger partial charge in [-0.1, -0.05) is 36.7 Å². The molecule has 0 amide bonds. The first-order valence-corrected chi connectivity index (χ1v) is 4.31. The van der Waals surface area contributed by atoms with Crippen LogP contribution in [0.1, 0.15) is 24.9 Å². The fraction of sp³-hybridized carbons (Fsp3) is 0.333. The van der Waals surface area contributed by atoms with Gasteiger partial charge >= 0.3 is 0 Å². The minimum absolute atomic E-state index is 0.0706. The maximum atomic E-state index is 8.80. The average molecular weight is 186 g/mol. The zero-order valence-corrected chi connectivity index (χ0v) is 7.67. The van der Waals surface area contributed by atoms with Gasteiger partial charge in [0.1, 0.15) is 0 Å². The van der Waals surface area contributed by atoms with Crippen LogP contribution in [-0.4, -0.2) is 5.21 Å². The van der Waals surface area contributed by atoms with Crippen molar-refractivity contribution in [2.24, 2.45) is 0 Å². The van der Waals surface area contributed by atoms with Crippen LogP contribution < -0.4 is 5.48 Å². The maximum absolute atomic E-state index is 8.80. The molecule has 0 fully saturated rings. The summed E-state index contributed by atoms with van der Waals surface area (Å²) in [6, 6.07) is 7.42. The molecule has 0 saturated heterocycles. The highest BCUT2D eigenvalue weighted by atomic mass is 35.5. The van der Waals surface area contributed by atoms with Crippen molar-refractivity contribution in [3.05, 3.63) is 34.9 Å². The number of hydrogen-bond donors (Lipinski definition) is 2. The van der Waals surface area contributed by atoms with E-state index in [0.29, 0.717) is 5.02 Å². The van der Waals surface area contributed by atoms with Gasteiger partial charge in [0.15, 0.2) is 0 Å². The molecule has 12 heavy (non-hydrogen) atoms. The first-order chi connectivity index (χ1) is 5.79. The lowest BCUT2D eigenvalue weighted by molar-refractivity contribution is 0.124. The van der Waals surface area contributed by atoms with Gasteiger partial charge in [-0.15, -0.1) is 0 Å². The lowest BCUT2D eigenvalue weighted by atomic mass is 10.1. The predicted molar refractivity (Wildman–Crippen MR) is 49.4 cm³/mol. The summed E-state index contributed by atoms with van der Waals surface area (Å²) in [5.74, 6) is 0. The summed E-state index contributed by atoms with van der Waals surface area (Å²) in [6.07, 6.45) is 0.806. The minimum Gasteiger partial charge on any atom is -0.316 e. The quantitative estimate of drug-likeness (QED) is 0.710. The Bertz CT molecular complexity index is 248. The van der Waals surface area contributed by atoms with Gasteiger partial charge in [0.2, 0.25) is 0 Å². The molecule has 0 aliphatic rings. The first-order valence-electron chi connectivity index (χ1n) is 3.93. The molecule has 2 N–H and O–H groups in total. The third-order valence-electron chi connectivity index (χ3n) is 1.84. The highest BCUT2D eigenvalue weighted by molar-refractivity contribution is 6.31. The molecule has 0 radical (unpaired) electrons. The third kappa shape index (κ3) is 1.97. The van der Waals surface area contributed by atoms with Crippen LogP contribution in [-0.2, 0) is 0 Å². The number of halogens is 1. The molecule has 1 rings (SSSR count). The average Bonchev–Trinajstić information content (AvgIpc) is 2.10. The van der Waals surface area contributed by atoms with Crippen LogP contribution in [0.4, 0.5) is 0 Å². The van der Waals surface area contributed by atoms with E-state index in [1.54, 1.807) is 0 Å². The van der Waals surface area contributed by atoms with E-state index < -0.39 is 0 Å². The second-order valence-electron chi connectivity index (χ2n) is 2.61. The van der Waals surface area contributed by atoms with E-state index in [0.717, 1.165) is 12.0 Å². The standard InChI is InChI=1S/C9H12ClNO/c1-2-9(11-12)7-5-3-4-6-8(7)10/h3-6,9,11-12H,2H2,1H3/t9-/m0/s1. The SMILES string of the molecule is CC[C@H](NO)c1ccccc1Cl. The number of nitrogens with one attached hydrogen (secondary N) is 1. The molecular weight excluding hydrogens is 174 g/mol. The van der Waals surface area contributed by atoms with E-state index in [2.05, 4.69) is 5.48 Å². The molecule has 3 heteroatoms. The molecule has 0 aliphatic carbocycles. The van der Waals surface area contributed by atoms with Gasteiger partial charge in [0, 0.05) is 5.02 Å². The van der Waals surface area contributed by atoms with Crippen LogP contribution >= 0.6 is 11.6 Å². The van der Waals surface area contributed by atoms with E-state index >= 15 is 0 Å². The van der Waals surface area contributed by atoms with Crippen LogP contribution in [0.2, 0.25) is 5.02 Å². The molecule has 1 aromatic rings. The lowest BCUT2D eigenvalue weighted by Crippen LogP contribution is -2.16. The Morgan fingerprint density at radius 2 is 2.17 bits per heavy atom. The smallest absolute Gasteiger partial charge is 0.0581 e. The first kappa shape index (κ1) is 9.52. The minimum atomic E-state index is -0.0706. The van der Waals surface area contributed by atoms with Crippen molar-refractivity contribution in [1.82, 2.24) is 5.48 Å². The van der Waals surface area contributed by atoms with Crippen molar-refractivity contribution in [2.75, 3.05) is 0 Å². The number of hydroxylamine groups is 1. The molecule has 1 aromatic carbocycles. The van der Waals surface area contributed by atoms with E-state index in [1.165, 1.54) is 0 Å². The Kier molecular flexibility index (Phi) is 3.53. The Morgan fingerprint density at radius 1 is 1.50 bits per heavy atom. The maximum Gasteiger partial charge on any atom is 0.0581 e. The second-order valence-corrected chi connectivity index (χ2v) is 3.02. The van der Waals surface area contributed by atoms with Crippen molar-refractivity contribution in [3.8, 4) is 0 Å².